The third-order valence-corrected chi connectivity index (χ3v) is 4.00. The average Bonchev–Trinajstić information content (AvgIpc) is 2.62. The summed E-state index contributed by atoms with van der Waals surface area (Å²) in [7, 11) is 1.53. The Hall–Kier alpha value is -3.15. The van der Waals surface area contributed by atoms with Crippen molar-refractivity contribution in [3.05, 3.63) is 60.2 Å². The lowest BCUT2D eigenvalue weighted by Gasteiger charge is -2.28. The maximum Gasteiger partial charge on any atom is 0.310 e. The minimum atomic E-state index is -1.22. The zero-order chi connectivity index (χ0) is 19.1. The zero-order valence-electron chi connectivity index (χ0n) is 14.7. The van der Waals surface area contributed by atoms with Gasteiger partial charge >= 0.3 is 5.97 Å². The number of benzene rings is 2. The van der Waals surface area contributed by atoms with Crippen LogP contribution in [0.4, 0.5) is 5.69 Å². The highest BCUT2D eigenvalue weighted by atomic mass is 16.5. The van der Waals surface area contributed by atoms with E-state index in [1.54, 1.807) is 31.2 Å². The van der Waals surface area contributed by atoms with Crippen LogP contribution in [0, 0.1) is 0 Å². The van der Waals surface area contributed by atoms with Crippen molar-refractivity contribution in [3.63, 3.8) is 0 Å². The lowest BCUT2D eigenvalue weighted by atomic mass is 10.1. The maximum atomic E-state index is 12.9. The van der Waals surface area contributed by atoms with Crippen molar-refractivity contribution >= 4 is 23.3 Å². The summed E-state index contributed by atoms with van der Waals surface area (Å²) in [6, 6.07) is 15.0. The second kappa shape index (κ2) is 8.80. The molecule has 2 rings (SSSR count). The van der Waals surface area contributed by atoms with E-state index >= 15 is 0 Å². The van der Waals surface area contributed by atoms with Crippen LogP contribution in [0.25, 0.3) is 0 Å². The summed E-state index contributed by atoms with van der Waals surface area (Å²) in [6.45, 7) is 1.54. The van der Waals surface area contributed by atoms with E-state index in [1.165, 1.54) is 12.0 Å². The van der Waals surface area contributed by atoms with Gasteiger partial charge in [0.15, 0.2) is 5.78 Å². The van der Waals surface area contributed by atoms with E-state index in [-0.39, 0.29) is 12.3 Å². The molecule has 2 aromatic carbocycles. The van der Waals surface area contributed by atoms with Crippen LogP contribution in [-0.4, -0.2) is 35.9 Å². The van der Waals surface area contributed by atoms with Crippen LogP contribution in [0.15, 0.2) is 54.6 Å². The fourth-order valence-corrected chi connectivity index (χ4v) is 2.62. The van der Waals surface area contributed by atoms with E-state index in [2.05, 4.69) is 0 Å². The highest BCUT2D eigenvalue weighted by Crippen LogP contribution is 2.23. The van der Waals surface area contributed by atoms with Gasteiger partial charge < -0.3 is 14.7 Å². The molecule has 1 atom stereocenters. The number of Topliss-reactive ketones (excluding diaryl/α,β-unsaturated/α-hetero) is 1. The van der Waals surface area contributed by atoms with Crippen LogP contribution >= 0.6 is 0 Å². The SMILES string of the molecule is COc1ccc(N(C(=O)Cc2ccccc2)C(C)C(=O)CC(=O)O)cc1. The van der Waals surface area contributed by atoms with Crippen molar-refractivity contribution in [1.29, 1.82) is 0 Å². The van der Waals surface area contributed by atoms with E-state index in [0.717, 1.165) is 5.56 Å². The quantitative estimate of drug-likeness (QED) is 0.736. The van der Waals surface area contributed by atoms with E-state index in [0.29, 0.717) is 11.4 Å². The van der Waals surface area contributed by atoms with Gasteiger partial charge in [-0.3, -0.25) is 14.4 Å². The van der Waals surface area contributed by atoms with Gasteiger partial charge in [0.1, 0.15) is 12.2 Å². The largest absolute Gasteiger partial charge is 0.497 e. The molecule has 136 valence electrons. The summed E-state index contributed by atoms with van der Waals surface area (Å²) in [5.41, 5.74) is 1.33. The molecule has 0 aromatic heterocycles. The monoisotopic (exact) mass is 355 g/mol. The predicted molar refractivity (Wildman–Crippen MR) is 97.3 cm³/mol. The van der Waals surface area contributed by atoms with Crippen LogP contribution in [0.2, 0.25) is 0 Å². The highest BCUT2D eigenvalue weighted by Gasteiger charge is 2.28. The number of ether oxygens (including phenoxy) is 1. The molecule has 6 nitrogen and oxygen atoms in total. The molecule has 0 radical (unpaired) electrons. The molecule has 2 aromatic rings. The van der Waals surface area contributed by atoms with Crippen LogP contribution in [0.3, 0.4) is 0 Å². The molecule has 1 unspecified atom stereocenters. The zero-order valence-corrected chi connectivity index (χ0v) is 14.7. The first kappa shape index (κ1) is 19.2. The number of amides is 1. The number of aliphatic carboxylic acids is 1. The summed E-state index contributed by atoms with van der Waals surface area (Å²) in [5.74, 6) is -1.41. The molecule has 0 spiro atoms. The number of ketones is 1. The summed E-state index contributed by atoms with van der Waals surface area (Å²) in [5, 5.41) is 8.89. The predicted octanol–water partition coefficient (Wildman–Crippen LogP) is 2.70. The molecule has 0 saturated heterocycles. The first-order chi connectivity index (χ1) is 12.4. The number of nitrogens with zero attached hydrogens (tertiary/aromatic N) is 1. The lowest BCUT2D eigenvalue weighted by molar-refractivity contribution is -0.140. The smallest absolute Gasteiger partial charge is 0.310 e. The van der Waals surface area contributed by atoms with E-state index < -0.39 is 24.2 Å². The van der Waals surface area contributed by atoms with Crippen molar-refractivity contribution in [1.82, 2.24) is 0 Å². The Balaban J connectivity index is 2.31. The number of carbonyl (C=O) groups excluding carboxylic acids is 2. The second-order valence-corrected chi connectivity index (χ2v) is 5.84. The molecule has 0 aliphatic carbocycles. The molecule has 0 bridgehead atoms. The van der Waals surface area contributed by atoms with Crippen molar-refractivity contribution in [3.8, 4) is 5.75 Å². The highest BCUT2D eigenvalue weighted by molar-refractivity contribution is 6.05. The summed E-state index contributed by atoms with van der Waals surface area (Å²) < 4.78 is 5.12. The fourth-order valence-electron chi connectivity index (χ4n) is 2.62. The van der Waals surface area contributed by atoms with Crippen molar-refractivity contribution < 1.29 is 24.2 Å². The molecule has 1 amide bonds. The summed E-state index contributed by atoms with van der Waals surface area (Å²) in [4.78, 5) is 37.4. The third-order valence-electron chi connectivity index (χ3n) is 4.00. The topological polar surface area (TPSA) is 83.9 Å². The molecule has 6 heteroatoms. The van der Waals surface area contributed by atoms with Crippen molar-refractivity contribution in [2.75, 3.05) is 12.0 Å². The number of carboxylic acid groups (broad SMARTS) is 1. The number of methoxy groups -OCH3 is 1. The Morgan fingerprint density at radius 3 is 2.19 bits per heavy atom. The number of anilines is 1. The van der Waals surface area contributed by atoms with E-state index in [9.17, 15) is 14.4 Å². The third kappa shape index (κ3) is 4.92. The molecule has 0 aliphatic heterocycles. The van der Waals surface area contributed by atoms with Gasteiger partial charge in [-0.05, 0) is 36.8 Å². The van der Waals surface area contributed by atoms with Crippen LogP contribution in [0.1, 0.15) is 18.9 Å². The fraction of sp³-hybridized carbons (Fsp3) is 0.250. The minimum absolute atomic E-state index is 0.109. The molecule has 0 saturated carbocycles. The Bertz CT molecular complexity index is 771. The lowest BCUT2D eigenvalue weighted by Crippen LogP contribution is -2.44. The first-order valence-corrected chi connectivity index (χ1v) is 8.17. The van der Waals surface area contributed by atoms with Gasteiger partial charge in [0, 0.05) is 5.69 Å². The number of hydrogen-bond donors (Lipinski definition) is 1. The van der Waals surface area contributed by atoms with Crippen LogP contribution < -0.4 is 9.64 Å². The molecular formula is C20H21NO5. The van der Waals surface area contributed by atoms with Gasteiger partial charge in [0.05, 0.1) is 19.6 Å². The molecule has 0 heterocycles. The number of hydrogen-bond acceptors (Lipinski definition) is 4. The Morgan fingerprint density at radius 1 is 1.04 bits per heavy atom. The molecule has 0 aliphatic rings. The van der Waals surface area contributed by atoms with E-state index in [1.807, 2.05) is 30.3 Å². The first-order valence-electron chi connectivity index (χ1n) is 8.17. The van der Waals surface area contributed by atoms with Gasteiger partial charge in [-0.2, -0.15) is 0 Å². The summed E-state index contributed by atoms with van der Waals surface area (Å²) >= 11 is 0. The normalized spacial score (nSPS) is 11.5. The Morgan fingerprint density at radius 2 is 1.65 bits per heavy atom. The van der Waals surface area contributed by atoms with Crippen molar-refractivity contribution in [2.24, 2.45) is 0 Å². The van der Waals surface area contributed by atoms with Crippen molar-refractivity contribution in [2.45, 2.75) is 25.8 Å². The van der Waals surface area contributed by atoms with Crippen LogP contribution in [0.5, 0.6) is 5.75 Å². The Labute approximate surface area is 152 Å². The molecule has 26 heavy (non-hydrogen) atoms. The summed E-state index contributed by atoms with van der Waals surface area (Å²) in [6.07, 6.45) is -0.524. The van der Waals surface area contributed by atoms with Gasteiger partial charge in [0.25, 0.3) is 0 Å². The Kier molecular flexibility index (Phi) is 6.49. The number of rotatable bonds is 8. The van der Waals surface area contributed by atoms with Gasteiger partial charge in [-0.15, -0.1) is 0 Å². The van der Waals surface area contributed by atoms with Gasteiger partial charge in [-0.25, -0.2) is 0 Å². The molecule has 1 N–H and O–H groups in total. The van der Waals surface area contributed by atoms with Gasteiger partial charge in [-0.1, -0.05) is 30.3 Å². The van der Waals surface area contributed by atoms with E-state index in [4.69, 9.17) is 9.84 Å². The molecule has 0 fully saturated rings. The number of carbonyl (C=O) groups is 3. The maximum absolute atomic E-state index is 12.9. The van der Waals surface area contributed by atoms with Crippen LogP contribution in [-0.2, 0) is 20.8 Å². The minimum Gasteiger partial charge on any atom is -0.497 e. The number of carboxylic acids is 1. The molecular weight excluding hydrogens is 334 g/mol. The average molecular weight is 355 g/mol. The second-order valence-electron chi connectivity index (χ2n) is 5.84. The van der Waals surface area contributed by atoms with Gasteiger partial charge in [0.2, 0.25) is 5.91 Å². The standard InChI is InChI=1S/C20H21NO5/c1-14(18(22)13-20(24)25)21(16-8-10-17(26-2)11-9-16)19(23)12-15-6-4-3-5-7-15/h3-11,14H,12-13H2,1-2H3,(H,24,25).